The van der Waals surface area contributed by atoms with E-state index in [0.29, 0.717) is 25.3 Å². The van der Waals surface area contributed by atoms with E-state index in [1.807, 2.05) is 4.90 Å². The summed E-state index contributed by atoms with van der Waals surface area (Å²) in [6, 6.07) is 4.48. The second-order valence-corrected chi connectivity index (χ2v) is 8.62. The number of aryl methyl sites for hydroxylation is 1. The van der Waals surface area contributed by atoms with Crippen molar-refractivity contribution in [3.63, 3.8) is 0 Å². The van der Waals surface area contributed by atoms with Crippen molar-refractivity contribution in [1.29, 1.82) is 0 Å². The fraction of sp³-hybridized carbons (Fsp3) is 0.632. The Hall–Kier alpha value is -2.29. The van der Waals surface area contributed by atoms with Gasteiger partial charge in [0.15, 0.2) is 0 Å². The van der Waals surface area contributed by atoms with Gasteiger partial charge in [0, 0.05) is 49.9 Å². The molecule has 0 aliphatic carbocycles. The Kier molecular flexibility index (Phi) is 5.99. The number of rotatable bonds is 7. The lowest BCUT2D eigenvalue weighted by molar-refractivity contribution is -0.144. The van der Waals surface area contributed by atoms with E-state index in [1.54, 1.807) is 22.3 Å². The summed E-state index contributed by atoms with van der Waals surface area (Å²) in [7, 11) is 0. The van der Waals surface area contributed by atoms with E-state index in [-0.39, 0.29) is 17.9 Å². The molecule has 2 aromatic rings. The summed E-state index contributed by atoms with van der Waals surface area (Å²) in [6.07, 6.45) is 6.13. The van der Waals surface area contributed by atoms with Gasteiger partial charge in [0.2, 0.25) is 11.8 Å². The summed E-state index contributed by atoms with van der Waals surface area (Å²) < 4.78 is 1.65. The standard InChI is InChI=1S/C19H26N6O2S/c26-18(4-1-9-24-14-20-21-22-24)23-10-8-17-15(13-23)5-6-19(27)25(17)11-7-16-3-2-12-28-16/h2-3,12,14-15,17H,1,4-11,13H2/t15-,17+/m0/s1. The predicted molar refractivity (Wildman–Crippen MR) is 104 cm³/mol. The van der Waals surface area contributed by atoms with Crippen LogP contribution in [-0.4, -0.2) is 67.5 Å². The van der Waals surface area contributed by atoms with Crippen LogP contribution in [0.4, 0.5) is 0 Å². The number of tetrazole rings is 1. The molecule has 2 saturated heterocycles. The molecular formula is C19H26N6O2S. The summed E-state index contributed by atoms with van der Waals surface area (Å²) >= 11 is 1.75. The molecule has 0 bridgehead atoms. The Morgan fingerprint density at radius 3 is 3.00 bits per heavy atom. The molecule has 28 heavy (non-hydrogen) atoms. The third-order valence-corrected chi connectivity index (χ3v) is 6.78. The summed E-state index contributed by atoms with van der Waals surface area (Å²) in [5, 5.41) is 13.1. The maximum absolute atomic E-state index is 12.6. The van der Waals surface area contributed by atoms with Crippen molar-refractivity contribution in [2.75, 3.05) is 19.6 Å². The lowest BCUT2D eigenvalue weighted by atomic mass is 9.83. The van der Waals surface area contributed by atoms with Crippen LogP contribution < -0.4 is 0 Å². The van der Waals surface area contributed by atoms with Gasteiger partial charge in [-0.3, -0.25) is 9.59 Å². The molecule has 8 nitrogen and oxygen atoms in total. The van der Waals surface area contributed by atoms with E-state index >= 15 is 0 Å². The van der Waals surface area contributed by atoms with Crippen molar-refractivity contribution >= 4 is 23.2 Å². The Labute approximate surface area is 168 Å². The number of hydrogen-bond acceptors (Lipinski definition) is 6. The van der Waals surface area contributed by atoms with Crippen molar-refractivity contribution in [3.05, 3.63) is 28.7 Å². The van der Waals surface area contributed by atoms with Crippen molar-refractivity contribution in [2.45, 2.75) is 51.1 Å². The lowest BCUT2D eigenvalue weighted by Gasteiger charge is -2.47. The van der Waals surface area contributed by atoms with Gasteiger partial charge >= 0.3 is 0 Å². The van der Waals surface area contributed by atoms with Gasteiger partial charge in [-0.15, -0.1) is 16.4 Å². The molecule has 0 aromatic carbocycles. The minimum Gasteiger partial charge on any atom is -0.342 e. The van der Waals surface area contributed by atoms with E-state index < -0.39 is 0 Å². The number of carbonyl (C=O) groups is 2. The second-order valence-electron chi connectivity index (χ2n) is 7.59. The van der Waals surface area contributed by atoms with E-state index in [4.69, 9.17) is 0 Å². The average molecular weight is 403 g/mol. The van der Waals surface area contributed by atoms with Crippen LogP contribution in [0, 0.1) is 5.92 Å². The maximum atomic E-state index is 12.6. The number of likely N-dealkylation sites (tertiary alicyclic amines) is 2. The minimum atomic E-state index is 0.202. The third-order valence-electron chi connectivity index (χ3n) is 5.84. The SMILES string of the molecule is O=C(CCCn1cnnn1)N1CC[C@@H]2[C@@H](CCC(=O)N2CCc2cccs2)C1. The maximum Gasteiger partial charge on any atom is 0.222 e. The summed E-state index contributed by atoms with van der Waals surface area (Å²) in [5.74, 6) is 0.880. The normalized spacial score (nSPS) is 22.4. The fourth-order valence-electron chi connectivity index (χ4n) is 4.39. The van der Waals surface area contributed by atoms with Gasteiger partial charge in [0.25, 0.3) is 0 Å². The Morgan fingerprint density at radius 1 is 1.29 bits per heavy atom. The first kappa shape index (κ1) is 19.0. The number of thiophene rings is 1. The van der Waals surface area contributed by atoms with Crippen molar-refractivity contribution in [1.82, 2.24) is 30.0 Å². The number of aromatic nitrogens is 4. The highest BCUT2D eigenvalue weighted by atomic mass is 32.1. The molecule has 4 rings (SSSR count). The van der Waals surface area contributed by atoms with E-state index in [0.717, 1.165) is 45.3 Å². The largest absolute Gasteiger partial charge is 0.342 e. The van der Waals surface area contributed by atoms with Crippen LogP contribution in [0.5, 0.6) is 0 Å². The van der Waals surface area contributed by atoms with E-state index in [9.17, 15) is 9.59 Å². The molecule has 0 unspecified atom stereocenters. The number of amides is 2. The highest BCUT2D eigenvalue weighted by Crippen LogP contribution is 2.32. The first-order valence-corrected chi connectivity index (χ1v) is 10.9. The fourth-order valence-corrected chi connectivity index (χ4v) is 5.09. The molecule has 0 radical (unpaired) electrons. The number of carbonyl (C=O) groups excluding carboxylic acids is 2. The van der Waals surface area contributed by atoms with Gasteiger partial charge in [0.05, 0.1) is 0 Å². The van der Waals surface area contributed by atoms with Gasteiger partial charge in [-0.1, -0.05) is 6.07 Å². The van der Waals surface area contributed by atoms with Crippen LogP contribution in [-0.2, 0) is 22.6 Å². The first-order valence-electron chi connectivity index (χ1n) is 10.0. The minimum absolute atomic E-state index is 0.202. The van der Waals surface area contributed by atoms with E-state index in [1.165, 1.54) is 4.88 Å². The molecule has 0 saturated carbocycles. The summed E-state index contributed by atoms with van der Waals surface area (Å²) in [5.41, 5.74) is 0. The van der Waals surface area contributed by atoms with Crippen LogP contribution in [0.25, 0.3) is 0 Å². The Balaban J connectivity index is 1.28. The molecule has 150 valence electrons. The average Bonchev–Trinajstić information content (AvgIpc) is 3.41. The molecule has 2 atom stereocenters. The van der Waals surface area contributed by atoms with Crippen LogP contribution in [0.2, 0.25) is 0 Å². The Morgan fingerprint density at radius 2 is 2.21 bits per heavy atom. The van der Waals surface area contributed by atoms with Crippen LogP contribution in [0.3, 0.4) is 0 Å². The topological polar surface area (TPSA) is 84.2 Å². The highest BCUT2D eigenvalue weighted by Gasteiger charge is 2.39. The molecule has 2 aliphatic rings. The predicted octanol–water partition coefficient (Wildman–Crippen LogP) is 1.60. The number of nitrogens with zero attached hydrogens (tertiary/aromatic N) is 6. The van der Waals surface area contributed by atoms with Gasteiger partial charge in [0.1, 0.15) is 6.33 Å². The van der Waals surface area contributed by atoms with Crippen LogP contribution in [0.15, 0.2) is 23.8 Å². The van der Waals surface area contributed by atoms with Crippen molar-refractivity contribution < 1.29 is 9.59 Å². The second kappa shape index (κ2) is 8.81. The first-order chi connectivity index (χ1) is 13.7. The molecule has 2 amide bonds. The molecule has 0 N–H and O–H groups in total. The summed E-state index contributed by atoms with van der Waals surface area (Å²) in [4.78, 5) is 30.5. The zero-order chi connectivity index (χ0) is 19.3. The monoisotopic (exact) mass is 402 g/mol. The smallest absolute Gasteiger partial charge is 0.222 e. The van der Waals surface area contributed by atoms with Gasteiger partial charge in [-0.05, 0) is 53.5 Å². The number of piperidine rings is 2. The van der Waals surface area contributed by atoms with Gasteiger partial charge in [-0.2, -0.15) is 0 Å². The number of hydrogen-bond donors (Lipinski definition) is 0. The molecule has 4 heterocycles. The van der Waals surface area contributed by atoms with Gasteiger partial charge in [-0.25, -0.2) is 4.68 Å². The molecule has 2 fully saturated rings. The molecule has 2 aliphatic heterocycles. The van der Waals surface area contributed by atoms with Crippen LogP contribution in [0.1, 0.15) is 37.0 Å². The Bertz CT molecular complexity index is 778. The lowest BCUT2D eigenvalue weighted by Crippen LogP contribution is -2.57. The quantitative estimate of drug-likeness (QED) is 0.702. The molecule has 2 aromatic heterocycles. The molecule has 0 spiro atoms. The third kappa shape index (κ3) is 4.40. The number of fused-ring (bicyclic) bond motifs is 1. The van der Waals surface area contributed by atoms with Gasteiger partial charge < -0.3 is 9.80 Å². The molecule has 9 heteroatoms. The van der Waals surface area contributed by atoms with E-state index in [2.05, 4.69) is 37.9 Å². The van der Waals surface area contributed by atoms with Crippen LogP contribution >= 0.6 is 11.3 Å². The summed E-state index contributed by atoms with van der Waals surface area (Å²) in [6.45, 7) is 2.97. The zero-order valence-electron chi connectivity index (χ0n) is 15.9. The zero-order valence-corrected chi connectivity index (χ0v) is 16.8. The van der Waals surface area contributed by atoms with Crippen molar-refractivity contribution in [3.8, 4) is 0 Å². The molecular weight excluding hydrogens is 376 g/mol. The highest BCUT2D eigenvalue weighted by molar-refractivity contribution is 7.09. The van der Waals surface area contributed by atoms with Crippen molar-refractivity contribution in [2.24, 2.45) is 5.92 Å².